The molecule has 1 N–H and O–H groups in total. The van der Waals surface area contributed by atoms with Gasteiger partial charge in [-0.1, -0.05) is 6.92 Å². The maximum atomic E-state index is 4.85. The van der Waals surface area contributed by atoms with E-state index in [9.17, 15) is 0 Å². The van der Waals surface area contributed by atoms with Crippen molar-refractivity contribution in [3.63, 3.8) is 0 Å². The smallest absolute Gasteiger partial charge is 0.163 e. The maximum Gasteiger partial charge on any atom is 0.163 e. The Morgan fingerprint density at radius 1 is 1.16 bits per heavy atom. The van der Waals surface area contributed by atoms with Crippen LogP contribution in [0.1, 0.15) is 38.3 Å². The van der Waals surface area contributed by atoms with Crippen LogP contribution in [0, 0.1) is 0 Å². The molecule has 2 aromatic rings. The molecule has 0 atom stereocenters. The van der Waals surface area contributed by atoms with Gasteiger partial charge in [0.25, 0.3) is 0 Å². The van der Waals surface area contributed by atoms with E-state index in [4.69, 9.17) is 9.97 Å². The van der Waals surface area contributed by atoms with Crippen LogP contribution < -0.4 is 10.2 Å². The fraction of sp³-hybridized carbons (Fsp3) is 0.526. The predicted octanol–water partition coefficient (Wildman–Crippen LogP) is 4.21. The molecular formula is C19H27N5S. The van der Waals surface area contributed by atoms with Crippen LogP contribution >= 0.6 is 11.8 Å². The number of anilines is 2. The monoisotopic (exact) mass is 357 g/mol. The van der Waals surface area contributed by atoms with Gasteiger partial charge in [-0.3, -0.25) is 0 Å². The van der Waals surface area contributed by atoms with Gasteiger partial charge >= 0.3 is 0 Å². The number of rotatable bonds is 7. The average molecular weight is 358 g/mol. The molecule has 3 rings (SSSR count). The van der Waals surface area contributed by atoms with E-state index in [1.54, 1.807) is 11.8 Å². The number of piperidine rings is 1. The molecule has 0 saturated carbocycles. The van der Waals surface area contributed by atoms with E-state index < -0.39 is 0 Å². The zero-order chi connectivity index (χ0) is 17.5. The number of nitrogens with zero attached hydrogens (tertiary/aromatic N) is 4. The quantitative estimate of drug-likeness (QED) is 0.801. The van der Waals surface area contributed by atoms with Gasteiger partial charge in [-0.15, -0.1) is 0 Å². The lowest BCUT2D eigenvalue weighted by atomic mass is 10.1. The summed E-state index contributed by atoms with van der Waals surface area (Å²) in [6.45, 7) is 5.26. The van der Waals surface area contributed by atoms with Gasteiger partial charge in [-0.25, -0.2) is 15.0 Å². The van der Waals surface area contributed by atoms with Crippen LogP contribution in [0.15, 0.2) is 24.4 Å². The van der Waals surface area contributed by atoms with E-state index in [1.807, 2.05) is 12.3 Å². The largest absolute Gasteiger partial charge is 0.370 e. The summed E-state index contributed by atoms with van der Waals surface area (Å²) in [7, 11) is 0. The Kier molecular flexibility index (Phi) is 6.50. The zero-order valence-electron chi connectivity index (χ0n) is 15.2. The van der Waals surface area contributed by atoms with Crippen LogP contribution in [-0.2, 0) is 5.75 Å². The van der Waals surface area contributed by atoms with E-state index in [0.717, 1.165) is 60.5 Å². The zero-order valence-corrected chi connectivity index (χ0v) is 16.0. The summed E-state index contributed by atoms with van der Waals surface area (Å²) in [6, 6.07) is 6.22. The fourth-order valence-electron chi connectivity index (χ4n) is 3.00. The molecule has 0 radical (unpaired) electrons. The van der Waals surface area contributed by atoms with Crippen molar-refractivity contribution in [2.75, 3.05) is 36.1 Å². The average Bonchev–Trinajstić information content (AvgIpc) is 2.67. The number of thioether (sulfide) groups is 1. The van der Waals surface area contributed by atoms with E-state index >= 15 is 0 Å². The third kappa shape index (κ3) is 4.84. The number of nitrogens with one attached hydrogen (secondary N) is 1. The lowest BCUT2D eigenvalue weighted by Crippen LogP contribution is -2.30. The van der Waals surface area contributed by atoms with Gasteiger partial charge in [-0.05, 0) is 44.1 Å². The number of pyridine rings is 1. The highest BCUT2D eigenvalue weighted by atomic mass is 32.2. The highest BCUT2D eigenvalue weighted by Gasteiger charge is 2.15. The van der Waals surface area contributed by atoms with Crippen LogP contribution in [-0.4, -0.2) is 40.8 Å². The first kappa shape index (κ1) is 18.0. The van der Waals surface area contributed by atoms with Crippen LogP contribution in [0.4, 0.5) is 11.6 Å². The Bertz CT molecular complexity index is 668. The molecule has 1 aliphatic heterocycles. The summed E-state index contributed by atoms with van der Waals surface area (Å²) in [6.07, 6.45) is 8.88. The van der Waals surface area contributed by atoms with Crippen molar-refractivity contribution in [2.45, 2.75) is 38.4 Å². The summed E-state index contributed by atoms with van der Waals surface area (Å²) in [5.41, 5.74) is 2.06. The third-order valence-electron chi connectivity index (χ3n) is 4.32. The minimum atomic E-state index is 0.779. The van der Waals surface area contributed by atoms with Crippen LogP contribution in [0.5, 0.6) is 0 Å². The molecule has 134 valence electrons. The topological polar surface area (TPSA) is 53.9 Å². The SMILES string of the molecule is CCCNc1ccc(-c2nc(CSC)cc(N3CCCCC3)n2)cn1. The molecule has 2 aromatic heterocycles. The molecule has 0 unspecified atom stereocenters. The van der Waals surface area contributed by atoms with Crippen molar-refractivity contribution >= 4 is 23.4 Å². The lowest BCUT2D eigenvalue weighted by molar-refractivity contribution is 0.573. The van der Waals surface area contributed by atoms with Crippen molar-refractivity contribution in [3.05, 3.63) is 30.1 Å². The molecule has 1 saturated heterocycles. The molecule has 0 amide bonds. The number of hydrogen-bond acceptors (Lipinski definition) is 6. The lowest BCUT2D eigenvalue weighted by Gasteiger charge is -2.28. The molecule has 0 aromatic carbocycles. The summed E-state index contributed by atoms with van der Waals surface area (Å²) in [4.78, 5) is 16.5. The van der Waals surface area contributed by atoms with Crippen LogP contribution in [0.2, 0.25) is 0 Å². The first-order valence-corrected chi connectivity index (χ1v) is 10.5. The first-order valence-electron chi connectivity index (χ1n) is 9.12. The second-order valence-corrected chi connectivity index (χ2v) is 7.25. The van der Waals surface area contributed by atoms with Crippen molar-refractivity contribution in [1.29, 1.82) is 0 Å². The van der Waals surface area contributed by atoms with Crippen molar-refractivity contribution in [2.24, 2.45) is 0 Å². The molecule has 6 heteroatoms. The first-order chi connectivity index (χ1) is 12.3. The second-order valence-electron chi connectivity index (χ2n) is 6.38. The Morgan fingerprint density at radius 2 is 2.00 bits per heavy atom. The Balaban J connectivity index is 1.87. The molecule has 3 heterocycles. The summed E-state index contributed by atoms with van der Waals surface area (Å²) in [5, 5.41) is 3.30. The van der Waals surface area contributed by atoms with Gasteiger partial charge in [0.2, 0.25) is 0 Å². The normalized spacial score (nSPS) is 14.6. The fourth-order valence-corrected chi connectivity index (χ4v) is 3.45. The van der Waals surface area contributed by atoms with Gasteiger partial charge < -0.3 is 10.2 Å². The number of aromatic nitrogens is 3. The van der Waals surface area contributed by atoms with Gasteiger partial charge in [0, 0.05) is 43.2 Å². The van der Waals surface area contributed by atoms with E-state index in [-0.39, 0.29) is 0 Å². The highest BCUT2D eigenvalue weighted by molar-refractivity contribution is 7.97. The van der Waals surface area contributed by atoms with Crippen LogP contribution in [0.3, 0.4) is 0 Å². The van der Waals surface area contributed by atoms with Gasteiger partial charge in [0.05, 0.1) is 5.69 Å². The third-order valence-corrected chi connectivity index (χ3v) is 4.90. The Labute approximate surface area is 154 Å². The minimum Gasteiger partial charge on any atom is -0.370 e. The molecule has 0 aliphatic carbocycles. The summed E-state index contributed by atoms with van der Waals surface area (Å²) in [5.74, 6) is 3.64. The van der Waals surface area contributed by atoms with E-state index in [1.165, 1.54) is 19.3 Å². The molecule has 0 bridgehead atoms. The molecule has 1 fully saturated rings. The van der Waals surface area contributed by atoms with Crippen molar-refractivity contribution in [3.8, 4) is 11.4 Å². The van der Waals surface area contributed by atoms with Crippen molar-refractivity contribution in [1.82, 2.24) is 15.0 Å². The minimum absolute atomic E-state index is 0.779. The number of hydrogen-bond donors (Lipinski definition) is 1. The predicted molar refractivity (Wildman–Crippen MR) is 107 cm³/mol. The van der Waals surface area contributed by atoms with Gasteiger partial charge in [0.1, 0.15) is 11.6 Å². The van der Waals surface area contributed by atoms with E-state index in [2.05, 4.69) is 40.5 Å². The van der Waals surface area contributed by atoms with Gasteiger partial charge in [-0.2, -0.15) is 11.8 Å². The molecule has 0 spiro atoms. The molecule has 1 aliphatic rings. The highest BCUT2D eigenvalue weighted by Crippen LogP contribution is 2.24. The van der Waals surface area contributed by atoms with Gasteiger partial charge in [0.15, 0.2) is 5.82 Å². The Morgan fingerprint density at radius 3 is 2.68 bits per heavy atom. The van der Waals surface area contributed by atoms with Crippen molar-refractivity contribution < 1.29 is 0 Å². The molecular weight excluding hydrogens is 330 g/mol. The molecule has 5 nitrogen and oxygen atoms in total. The summed E-state index contributed by atoms with van der Waals surface area (Å²) < 4.78 is 0. The standard InChI is InChI=1S/C19H27N5S/c1-3-9-20-17-8-7-15(13-21-17)19-22-16(14-25-2)12-18(23-19)24-10-5-4-6-11-24/h7-8,12-13H,3-6,9-11,14H2,1-2H3,(H,20,21). The van der Waals surface area contributed by atoms with E-state index in [0.29, 0.717) is 0 Å². The second kappa shape index (κ2) is 9.04. The van der Waals surface area contributed by atoms with Crippen LogP contribution in [0.25, 0.3) is 11.4 Å². The Hall–Kier alpha value is -1.82. The molecule has 25 heavy (non-hydrogen) atoms. The maximum absolute atomic E-state index is 4.85. The summed E-state index contributed by atoms with van der Waals surface area (Å²) >= 11 is 1.79.